The molecule has 0 saturated carbocycles. The fourth-order valence-electron chi connectivity index (χ4n) is 2.10. The Morgan fingerprint density at radius 2 is 1.00 bits per heavy atom. The van der Waals surface area contributed by atoms with Gasteiger partial charge in [0.2, 0.25) is 0 Å². The van der Waals surface area contributed by atoms with E-state index in [2.05, 4.69) is 0 Å². The monoisotopic (exact) mass is 509 g/mol. The van der Waals surface area contributed by atoms with Crippen LogP contribution in [0, 0.1) is 0 Å². The van der Waals surface area contributed by atoms with E-state index in [4.69, 9.17) is 17.4 Å². The van der Waals surface area contributed by atoms with Crippen LogP contribution in [0.5, 0.6) is 0 Å². The van der Waals surface area contributed by atoms with Crippen LogP contribution in [0.25, 0.3) is 0 Å². The minimum absolute atomic E-state index is 0.246. The summed E-state index contributed by atoms with van der Waals surface area (Å²) in [6.45, 7) is 2.22. The molecule has 2 N–H and O–H groups in total. The number of rotatable bonds is 12. The van der Waals surface area contributed by atoms with Crippen LogP contribution in [0.4, 0.5) is 0 Å². The molecule has 2 rings (SSSR count). The molecule has 0 amide bonds. The lowest BCUT2D eigenvalue weighted by Crippen LogP contribution is -2.33. The molecule has 0 unspecified atom stereocenters. The largest absolute Gasteiger partial charge is 0.703 e. The Labute approximate surface area is 186 Å². The van der Waals surface area contributed by atoms with E-state index in [0.717, 1.165) is 13.8 Å². The van der Waals surface area contributed by atoms with Crippen molar-refractivity contribution in [2.24, 2.45) is 0 Å². The summed E-state index contributed by atoms with van der Waals surface area (Å²) in [5.74, 6) is 0. The van der Waals surface area contributed by atoms with Crippen LogP contribution in [0.15, 0.2) is 70.5 Å². The Morgan fingerprint density at radius 3 is 1.28 bits per heavy atom. The van der Waals surface area contributed by atoms with Crippen molar-refractivity contribution in [1.29, 1.82) is 0 Å². The lowest BCUT2D eigenvalue weighted by Gasteiger charge is -2.17. The van der Waals surface area contributed by atoms with Crippen LogP contribution in [0.3, 0.4) is 0 Å². The maximum Gasteiger partial charge on any atom is 0.703 e. The first-order chi connectivity index (χ1) is 14.9. The summed E-state index contributed by atoms with van der Waals surface area (Å²) < 4.78 is 80.7. The maximum atomic E-state index is 12.3. The smallest absolute Gasteiger partial charge is 0.388 e. The average molecular weight is 509 g/mol. The van der Waals surface area contributed by atoms with Gasteiger partial charge in [0.25, 0.3) is 32.8 Å². The van der Waals surface area contributed by atoms with Gasteiger partial charge in [-0.15, -0.1) is 0 Å². The Morgan fingerprint density at radius 1 is 0.688 bits per heavy atom. The van der Waals surface area contributed by atoms with Crippen molar-refractivity contribution >= 4 is 28.5 Å². The summed E-state index contributed by atoms with van der Waals surface area (Å²) in [5, 5.41) is 19.5. The lowest BCUT2D eigenvalue weighted by atomic mass is 10.4. The van der Waals surface area contributed by atoms with Gasteiger partial charge in [-0.05, 0) is 38.1 Å². The predicted octanol–water partition coefficient (Wildman–Crippen LogP) is 1.90. The van der Waals surface area contributed by atoms with Gasteiger partial charge in [0, 0.05) is 4.57 Å². The van der Waals surface area contributed by atoms with Crippen molar-refractivity contribution < 1.29 is 49.0 Å². The molecule has 0 fully saturated rings. The number of hydrogen-bond donors (Lipinski definition) is 2. The lowest BCUT2D eigenvalue weighted by molar-refractivity contribution is -0.106. The normalized spacial score (nSPS) is 16.1. The molecule has 0 heterocycles. The van der Waals surface area contributed by atoms with Crippen LogP contribution >= 0.6 is 8.25 Å². The molecule has 176 valence electrons. The fourth-order valence-corrected chi connectivity index (χ4v) is 5.15. The second-order valence-electron chi connectivity index (χ2n) is 6.38. The first kappa shape index (κ1) is 26.5. The van der Waals surface area contributed by atoms with E-state index < -0.39 is 53.3 Å². The van der Waals surface area contributed by atoms with E-state index in [1.807, 2.05) is 0 Å². The first-order valence-corrected chi connectivity index (χ1v) is 13.0. The van der Waals surface area contributed by atoms with Gasteiger partial charge < -0.3 is 10.2 Å². The van der Waals surface area contributed by atoms with Gasteiger partial charge in [0.05, 0.1) is 9.79 Å². The second-order valence-corrected chi connectivity index (χ2v) is 10.4. The van der Waals surface area contributed by atoms with Crippen LogP contribution in [0.2, 0.25) is 0 Å². The van der Waals surface area contributed by atoms with Crippen molar-refractivity contribution in [3.05, 3.63) is 60.7 Å². The van der Waals surface area contributed by atoms with Crippen LogP contribution < -0.4 is 0 Å². The van der Waals surface area contributed by atoms with E-state index in [0.29, 0.717) is 0 Å². The number of aliphatic hydroxyl groups is 2. The zero-order valence-corrected chi connectivity index (χ0v) is 19.4. The van der Waals surface area contributed by atoms with Gasteiger partial charge in [-0.25, -0.2) is 8.37 Å². The minimum atomic E-state index is -4.41. The Bertz CT molecular complexity index is 1000. The molecule has 32 heavy (non-hydrogen) atoms. The summed E-state index contributed by atoms with van der Waals surface area (Å²) in [5.41, 5.74) is 0. The van der Waals surface area contributed by atoms with E-state index >= 15 is 0 Å². The molecule has 0 saturated heterocycles. The molecule has 0 aliphatic carbocycles. The summed E-state index contributed by atoms with van der Waals surface area (Å²) >= 11 is 0. The first-order valence-electron chi connectivity index (χ1n) is 9.06. The standard InChI is InChI=1S/C18H22O11PS2/c1-13(19)17(28-31(22,23)15-9-5-3-6-10-15)26-30(21)27-18(14(2)20)29-32(24,25)16-11-7-4-8-12-16/h3-14,17-20H,1-2H3/q+1/t13-,14-,17-,18-/m0/s1. The van der Waals surface area contributed by atoms with E-state index in [1.54, 1.807) is 12.1 Å². The third-order valence-corrected chi connectivity index (χ3v) is 7.02. The van der Waals surface area contributed by atoms with Gasteiger partial charge in [-0.2, -0.15) is 16.8 Å². The van der Waals surface area contributed by atoms with Crippen molar-refractivity contribution in [3.63, 3.8) is 0 Å². The maximum absolute atomic E-state index is 12.3. The highest BCUT2D eigenvalue weighted by Crippen LogP contribution is 2.33. The Hall–Kier alpha value is -1.80. The van der Waals surface area contributed by atoms with Crippen molar-refractivity contribution in [2.45, 2.75) is 48.4 Å². The molecule has 0 bridgehead atoms. The highest BCUT2D eigenvalue weighted by molar-refractivity contribution is 7.87. The highest BCUT2D eigenvalue weighted by atomic mass is 32.2. The number of hydrogen-bond acceptors (Lipinski definition) is 11. The third kappa shape index (κ3) is 7.66. The van der Waals surface area contributed by atoms with Crippen LogP contribution in [-0.4, -0.2) is 51.8 Å². The quantitative estimate of drug-likeness (QED) is 0.244. The predicted molar refractivity (Wildman–Crippen MR) is 110 cm³/mol. The third-order valence-electron chi connectivity index (χ3n) is 3.67. The molecule has 0 aliphatic heterocycles. The van der Waals surface area contributed by atoms with Crippen molar-refractivity contribution in [3.8, 4) is 0 Å². The molecule has 2 aromatic carbocycles. The Kier molecular flexibility index (Phi) is 9.40. The zero-order chi connectivity index (χ0) is 23.9. The molecule has 4 atom stereocenters. The van der Waals surface area contributed by atoms with Gasteiger partial charge >= 0.3 is 8.25 Å². The van der Waals surface area contributed by atoms with Crippen molar-refractivity contribution in [1.82, 2.24) is 0 Å². The SMILES string of the molecule is C[C@H](O)[C@@H](O[P+](=O)O[C@@H](OS(=O)(=O)c1ccccc1)[C@H](C)O)OS(=O)(=O)c1ccccc1. The van der Waals surface area contributed by atoms with E-state index in [9.17, 15) is 31.6 Å². The topological polar surface area (TPSA) is 163 Å². The average Bonchev–Trinajstić information content (AvgIpc) is 2.73. The van der Waals surface area contributed by atoms with E-state index in [-0.39, 0.29) is 9.79 Å². The van der Waals surface area contributed by atoms with Gasteiger partial charge in [-0.1, -0.05) is 45.4 Å². The highest BCUT2D eigenvalue weighted by Gasteiger charge is 2.41. The molecular weight excluding hydrogens is 487 g/mol. The summed E-state index contributed by atoms with van der Waals surface area (Å²) in [6, 6.07) is 13.8. The fraction of sp³-hybridized carbons (Fsp3) is 0.333. The molecule has 0 aromatic heterocycles. The van der Waals surface area contributed by atoms with Crippen LogP contribution in [0.1, 0.15) is 13.8 Å². The van der Waals surface area contributed by atoms with Gasteiger partial charge in [0.1, 0.15) is 12.2 Å². The summed E-state index contributed by atoms with van der Waals surface area (Å²) in [6.07, 6.45) is -7.11. The summed E-state index contributed by atoms with van der Waals surface area (Å²) in [4.78, 5) is -0.492. The number of benzene rings is 2. The Balaban J connectivity index is 2.10. The molecular formula is C18H22O11PS2+. The van der Waals surface area contributed by atoms with Gasteiger partial charge in [-0.3, -0.25) is 0 Å². The summed E-state index contributed by atoms with van der Waals surface area (Å²) in [7, 11) is -12.1. The van der Waals surface area contributed by atoms with Crippen LogP contribution in [-0.2, 0) is 42.2 Å². The molecule has 0 aliphatic rings. The zero-order valence-electron chi connectivity index (χ0n) is 16.9. The molecule has 14 heteroatoms. The minimum Gasteiger partial charge on any atom is -0.388 e. The van der Waals surface area contributed by atoms with Gasteiger partial charge in [0.15, 0.2) is 0 Å². The molecule has 11 nitrogen and oxygen atoms in total. The van der Waals surface area contributed by atoms with Crippen molar-refractivity contribution in [2.75, 3.05) is 0 Å². The second kappa shape index (κ2) is 11.4. The molecule has 0 spiro atoms. The van der Waals surface area contributed by atoms with E-state index in [1.165, 1.54) is 48.5 Å². The number of aliphatic hydroxyl groups excluding tert-OH is 2. The molecule has 2 aromatic rings. The molecule has 0 radical (unpaired) electrons.